The fourth-order valence-corrected chi connectivity index (χ4v) is 2.61. The number of benzene rings is 1. The highest BCUT2D eigenvalue weighted by atomic mass is 19.4. The molecule has 140 valence electrons. The Morgan fingerprint density at radius 2 is 1.78 bits per heavy atom. The number of nitrogens with one attached hydrogen (secondary N) is 2. The molecule has 0 aliphatic carbocycles. The molecule has 4 nitrogen and oxygen atoms in total. The van der Waals surface area contributed by atoms with Gasteiger partial charge < -0.3 is 10.3 Å². The maximum atomic E-state index is 13.1. The summed E-state index contributed by atoms with van der Waals surface area (Å²) in [5, 5.41) is 2.93. The standard InChI is InChI=1S/C19H15F4N3O/c1-11(12-2-4-14(20)5-3-12)25-18-15(13-8-9-24-17(27)10-13)6-7-16(26-18)19(21,22)23/h2-11H,1H3,(H,24,27)(H,25,26). The zero-order chi connectivity index (χ0) is 19.6. The Kier molecular flexibility index (Phi) is 4.98. The molecule has 0 bridgehead atoms. The van der Waals surface area contributed by atoms with Gasteiger partial charge in [-0.15, -0.1) is 0 Å². The van der Waals surface area contributed by atoms with Crippen molar-refractivity contribution >= 4 is 5.82 Å². The Balaban J connectivity index is 2.04. The molecule has 2 N–H and O–H groups in total. The number of hydrogen-bond acceptors (Lipinski definition) is 3. The van der Waals surface area contributed by atoms with Gasteiger partial charge in [0.2, 0.25) is 5.56 Å². The van der Waals surface area contributed by atoms with Crippen LogP contribution < -0.4 is 10.9 Å². The summed E-state index contributed by atoms with van der Waals surface area (Å²) in [4.78, 5) is 17.7. The van der Waals surface area contributed by atoms with Gasteiger partial charge in [0.05, 0.1) is 0 Å². The Labute approximate surface area is 151 Å². The smallest absolute Gasteiger partial charge is 0.363 e. The second-order valence-electron chi connectivity index (χ2n) is 5.95. The Bertz CT molecular complexity index is 997. The van der Waals surface area contributed by atoms with Crippen LogP contribution in [0, 0.1) is 5.82 Å². The van der Waals surface area contributed by atoms with Crippen molar-refractivity contribution < 1.29 is 17.6 Å². The molecule has 0 radical (unpaired) electrons. The fraction of sp³-hybridized carbons (Fsp3) is 0.158. The van der Waals surface area contributed by atoms with E-state index in [0.717, 1.165) is 6.07 Å². The lowest BCUT2D eigenvalue weighted by molar-refractivity contribution is -0.141. The van der Waals surface area contributed by atoms with Crippen LogP contribution in [-0.4, -0.2) is 9.97 Å². The molecule has 0 saturated carbocycles. The summed E-state index contributed by atoms with van der Waals surface area (Å²) in [6.45, 7) is 1.72. The van der Waals surface area contributed by atoms with Crippen LogP contribution in [0.25, 0.3) is 11.1 Å². The van der Waals surface area contributed by atoms with Crippen molar-refractivity contribution in [2.75, 3.05) is 5.32 Å². The average Bonchev–Trinajstić information content (AvgIpc) is 2.61. The van der Waals surface area contributed by atoms with Crippen molar-refractivity contribution in [2.45, 2.75) is 19.1 Å². The molecule has 0 aliphatic heterocycles. The van der Waals surface area contributed by atoms with Crippen LogP contribution in [0.2, 0.25) is 0 Å². The molecule has 27 heavy (non-hydrogen) atoms. The molecule has 1 atom stereocenters. The van der Waals surface area contributed by atoms with E-state index in [2.05, 4.69) is 15.3 Å². The summed E-state index contributed by atoms with van der Waals surface area (Å²) in [6.07, 6.45) is -3.20. The van der Waals surface area contributed by atoms with Crippen LogP contribution in [0.1, 0.15) is 24.2 Å². The third kappa shape index (κ3) is 4.33. The first-order valence-corrected chi connectivity index (χ1v) is 8.03. The maximum Gasteiger partial charge on any atom is 0.433 e. The topological polar surface area (TPSA) is 57.8 Å². The van der Waals surface area contributed by atoms with Gasteiger partial charge in [0.1, 0.15) is 17.3 Å². The van der Waals surface area contributed by atoms with Gasteiger partial charge in [-0.25, -0.2) is 9.37 Å². The monoisotopic (exact) mass is 377 g/mol. The number of aromatic amines is 1. The van der Waals surface area contributed by atoms with Gasteiger partial charge >= 0.3 is 6.18 Å². The summed E-state index contributed by atoms with van der Waals surface area (Å²) in [7, 11) is 0. The summed E-state index contributed by atoms with van der Waals surface area (Å²) in [5.74, 6) is -0.431. The lowest BCUT2D eigenvalue weighted by atomic mass is 10.1. The third-order valence-corrected chi connectivity index (χ3v) is 3.99. The zero-order valence-electron chi connectivity index (χ0n) is 14.1. The van der Waals surface area contributed by atoms with Gasteiger partial charge in [0.25, 0.3) is 0 Å². The van der Waals surface area contributed by atoms with Crippen molar-refractivity contribution in [2.24, 2.45) is 0 Å². The van der Waals surface area contributed by atoms with Gasteiger partial charge in [0, 0.05) is 23.9 Å². The SMILES string of the molecule is CC(Nc1nc(C(F)(F)F)ccc1-c1cc[nH]c(=O)c1)c1ccc(F)cc1. The van der Waals surface area contributed by atoms with Crippen LogP contribution in [0.15, 0.2) is 59.5 Å². The molecule has 3 rings (SSSR count). The number of pyridine rings is 2. The molecule has 2 aromatic heterocycles. The van der Waals surface area contributed by atoms with Gasteiger partial charge in [-0.05, 0) is 48.4 Å². The van der Waals surface area contributed by atoms with E-state index in [1.54, 1.807) is 13.0 Å². The van der Waals surface area contributed by atoms with Crippen molar-refractivity contribution in [1.82, 2.24) is 9.97 Å². The number of hydrogen-bond donors (Lipinski definition) is 2. The van der Waals surface area contributed by atoms with Crippen LogP contribution in [0.3, 0.4) is 0 Å². The van der Waals surface area contributed by atoms with Crippen LogP contribution in [0.5, 0.6) is 0 Å². The first-order chi connectivity index (χ1) is 12.7. The molecule has 0 aliphatic rings. The molecular formula is C19H15F4N3O. The fourth-order valence-electron chi connectivity index (χ4n) is 2.61. The van der Waals surface area contributed by atoms with Crippen molar-refractivity contribution in [3.8, 4) is 11.1 Å². The van der Waals surface area contributed by atoms with Gasteiger partial charge in [-0.2, -0.15) is 13.2 Å². The number of alkyl halides is 3. The summed E-state index contributed by atoms with van der Waals surface area (Å²) >= 11 is 0. The minimum Gasteiger partial charge on any atom is -0.363 e. The van der Waals surface area contributed by atoms with Crippen molar-refractivity contribution in [1.29, 1.82) is 0 Å². The van der Waals surface area contributed by atoms with E-state index in [4.69, 9.17) is 0 Å². The average molecular weight is 377 g/mol. The molecule has 0 saturated heterocycles. The molecular weight excluding hydrogens is 362 g/mol. The Hall–Kier alpha value is -3.16. The van der Waals surface area contributed by atoms with Crippen LogP contribution in [0.4, 0.5) is 23.4 Å². The maximum absolute atomic E-state index is 13.1. The third-order valence-electron chi connectivity index (χ3n) is 3.99. The second-order valence-corrected chi connectivity index (χ2v) is 5.95. The van der Waals surface area contributed by atoms with E-state index in [-0.39, 0.29) is 11.4 Å². The quantitative estimate of drug-likeness (QED) is 0.644. The van der Waals surface area contributed by atoms with E-state index in [1.807, 2.05) is 0 Å². The lowest BCUT2D eigenvalue weighted by Gasteiger charge is -2.19. The molecule has 3 aromatic rings. The summed E-state index contributed by atoms with van der Waals surface area (Å²) in [5.41, 5.74) is 0.0131. The van der Waals surface area contributed by atoms with E-state index in [9.17, 15) is 22.4 Å². The second kappa shape index (κ2) is 7.22. The molecule has 1 unspecified atom stereocenters. The number of aromatic nitrogens is 2. The normalized spacial score (nSPS) is 12.6. The van der Waals surface area contributed by atoms with E-state index >= 15 is 0 Å². The van der Waals surface area contributed by atoms with E-state index < -0.39 is 23.7 Å². The predicted molar refractivity (Wildman–Crippen MR) is 93.7 cm³/mol. The molecule has 0 fully saturated rings. The summed E-state index contributed by atoms with van der Waals surface area (Å²) in [6, 6.07) is 10.1. The highest BCUT2D eigenvalue weighted by Gasteiger charge is 2.33. The molecule has 2 heterocycles. The zero-order valence-corrected chi connectivity index (χ0v) is 14.1. The minimum atomic E-state index is -4.61. The van der Waals surface area contributed by atoms with Crippen LogP contribution in [-0.2, 0) is 6.18 Å². The predicted octanol–water partition coefficient (Wildman–Crippen LogP) is 4.77. The highest BCUT2D eigenvalue weighted by Crippen LogP contribution is 2.34. The van der Waals surface area contributed by atoms with Gasteiger partial charge in [-0.1, -0.05) is 12.1 Å². The molecule has 8 heteroatoms. The Morgan fingerprint density at radius 3 is 2.41 bits per heavy atom. The molecule has 0 amide bonds. The number of anilines is 1. The highest BCUT2D eigenvalue weighted by molar-refractivity contribution is 5.75. The number of halogens is 4. The largest absolute Gasteiger partial charge is 0.433 e. The van der Waals surface area contributed by atoms with E-state index in [0.29, 0.717) is 16.7 Å². The summed E-state index contributed by atoms with van der Waals surface area (Å²) < 4.78 is 52.3. The lowest BCUT2D eigenvalue weighted by Crippen LogP contribution is -2.14. The molecule has 0 spiro atoms. The Morgan fingerprint density at radius 1 is 1.07 bits per heavy atom. The van der Waals surface area contributed by atoms with Crippen molar-refractivity contribution in [3.05, 3.63) is 82.2 Å². The number of H-pyrrole nitrogens is 1. The van der Waals surface area contributed by atoms with Gasteiger partial charge in [-0.3, -0.25) is 4.79 Å². The van der Waals surface area contributed by atoms with Gasteiger partial charge in [0.15, 0.2) is 0 Å². The van der Waals surface area contributed by atoms with E-state index in [1.165, 1.54) is 42.6 Å². The molecule has 1 aromatic carbocycles. The first-order valence-electron chi connectivity index (χ1n) is 8.03. The number of nitrogens with zero attached hydrogens (tertiary/aromatic N) is 1. The minimum absolute atomic E-state index is 0.0211. The van der Waals surface area contributed by atoms with Crippen molar-refractivity contribution in [3.63, 3.8) is 0 Å². The van der Waals surface area contributed by atoms with Crippen LogP contribution >= 0.6 is 0 Å². The number of rotatable bonds is 4. The first kappa shape index (κ1) is 18.6.